The van der Waals surface area contributed by atoms with Crippen LogP contribution in [-0.4, -0.2) is 54.4 Å². The van der Waals surface area contributed by atoms with E-state index < -0.39 is 0 Å². The number of rotatable bonds is 6. The second kappa shape index (κ2) is 10.5. The number of esters is 1. The van der Waals surface area contributed by atoms with Gasteiger partial charge in [-0.3, -0.25) is 14.5 Å². The third-order valence-electron chi connectivity index (χ3n) is 8.50. The molecule has 3 aromatic rings. The predicted octanol–water partition coefficient (Wildman–Crippen LogP) is 5.84. The summed E-state index contributed by atoms with van der Waals surface area (Å²) in [5.41, 5.74) is 1.87. The smallest absolute Gasteiger partial charge is 0.308 e. The van der Waals surface area contributed by atoms with Gasteiger partial charge in [0.05, 0.1) is 0 Å². The van der Waals surface area contributed by atoms with Gasteiger partial charge in [-0.1, -0.05) is 48.5 Å². The van der Waals surface area contributed by atoms with Crippen LogP contribution in [0.1, 0.15) is 48.5 Å². The molecule has 0 N–H and O–H groups in total. The summed E-state index contributed by atoms with van der Waals surface area (Å²) in [6, 6.07) is 22.3. The monoisotopic (exact) mass is 496 g/mol. The van der Waals surface area contributed by atoms with Crippen molar-refractivity contribution in [1.82, 2.24) is 9.80 Å². The van der Waals surface area contributed by atoms with Crippen LogP contribution in [-0.2, 0) is 10.2 Å². The summed E-state index contributed by atoms with van der Waals surface area (Å²) in [7, 11) is 1.96. The second-order valence-electron chi connectivity index (χ2n) is 10.7. The molecule has 192 valence electrons. The van der Waals surface area contributed by atoms with Gasteiger partial charge in [-0.2, -0.15) is 0 Å². The highest BCUT2D eigenvalue weighted by Gasteiger charge is 2.49. The molecule has 5 heteroatoms. The molecule has 0 radical (unpaired) electrons. The number of hydrogen-bond acceptors (Lipinski definition) is 4. The summed E-state index contributed by atoms with van der Waals surface area (Å²) in [6.07, 6.45) is 5.91. The SMILES string of the molecule is C=CCN1CC[C@@]2(c3cccc(OC(C)=O)c3)C[C@H](N(C)C(=O)c3ccc4ccccc4c3)CC[C@@H]2C1. The van der Waals surface area contributed by atoms with Crippen LogP contribution >= 0.6 is 0 Å². The van der Waals surface area contributed by atoms with Crippen molar-refractivity contribution in [2.45, 2.75) is 44.1 Å². The first-order chi connectivity index (χ1) is 17.9. The molecule has 0 bridgehead atoms. The Hall–Kier alpha value is -3.44. The van der Waals surface area contributed by atoms with E-state index in [4.69, 9.17) is 4.74 Å². The highest BCUT2D eigenvalue weighted by atomic mass is 16.5. The molecule has 37 heavy (non-hydrogen) atoms. The van der Waals surface area contributed by atoms with Crippen molar-refractivity contribution in [3.8, 4) is 5.75 Å². The fourth-order valence-corrected chi connectivity index (χ4v) is 6.60. The number of amides is 1. The van der Waals surface area contributed by atoms with Gasteiger partial charge >= 0.3 is 5.97 Å². The molecular formula is C32H36N2O3. The van der Waals surface area contributed by atoms with Crippen LogP contribution in [0.25, 0.3) is 10.8 Å². The van der Waals surface area contributed by atoms with Crippen molar-refractivity contribution in [2.75, 3.05) is 26.7 Å². The summed E-state index contributed by atoms with van der Waals surface area (Å²) in [6.45, 7) is 8.26. The standard InChI is InChI=1S/C32H36N2O3/c1-4-17-34-18-16-32(27-10-7-11-30(20-27)37-23(2)35)21-29(15-14-28(32)22-34)33(3)31(36)26-13-12-24-8-5-6-9-25(24)19-26/h4-13,19-20,28-29H,1,14-18,21-22H2,2-3H3/t28-,29-,32+/m1/s1. The Morgan fingerprint density at radius 3 is 2.68 bits per heavy atom. The fraction of sp³-hybridized carbons (Fsp3) is 0.375. The largest absolute Gasteiger partial charge is 0.427 e. The second-order valence-corrected chi connectivity index (χ2v) is 10.7. The maximum absolute atomic E-state index is 13.7. The van der Waals surface area contributed by atoms with E-state index in [0.29, 0.717) is 11.7 Å². The first-order valence-electron chi connectivity index (χ1n) is 13.3. The number of carbonyl (C=O) groups excluding carboxylic acids is 2. The normalized spacial score (nSPS) is 23.7. The molecule has 0 unspecified atom stereocenters. The zero-order valence-electron chi connectivity index (χ0n) is 21.9. The molecule has 2 fully saturated rings. The fourth-order valence-electron chi connectivity index (χ4n) is 6.60. The lowest BCUT2D eigenvalue weighted by Crippen LogP contribution is -2.56. The van der Waals surface area contributed by atoms with Crippen molar-refractivity contribution >= 4 is 22.6 Å². The van der Waals surface area contributed by atoms with Crippen molar-refractivity contribution in [3.63, 3.8) is 0 Å². The molecule has 0 spiro atoms. The molecule has 0 aromatic heterocycles. The summed E-state index contributed by atoms with van der Waals surface area (Å²) >= 11 is 0. The van der Waals surface area contributed by atoms with Gasteiger partial charge in [0, 0.05) is 44.1 Å². The van der Waals surface area contributed by atoms with Gasteiger partial charge in [0.2, 0.25) is 0 Å². The number of fused-ring (bicyclic) bond motifs is 2. The van der Waals surface area contributed by atoms with Crippen LogP contribution in [0.3, 0.4) is 0 Å². The van der Waals surface area contributed by atoms with E-state index in [1.807, 2.05) is 66.6 Å². The van der Waals surface area contributed by atoms with Gasteiger partial charge in [-0.05, 0) is 78.7 Å². The Morgan fingerprint density at radius 1 is 1.08 bits per heavy atom. The van der Waals surface area contributed by atoms with Crippen molar-refractivity contribution < 1.29 is 14.3 Å². The average Bonchev–Trinajstić information content (AvgIpc) is 2.91. The lowest BCUT2D eigenvalue weighted by atomic mass is 9.57. The van der Waals surface area contributed by atoms with E-state index >= 15 is 0 Å². The number of piperidine rings is 1. The number of carbonyl (C=O) groups is 2. The molecule has 5 nitrogen and oxygen atoms in total. The van der Waals surface area contributed by atoms with Gasteiger partial charge in [0.15, 0.2) is 0 Å². The average molecular weight is 497 g/mol. The molecular weight excluding hydrogens is 460 g/mol. The van der Waals surface area contributed by atoms with E-state index in [2.05, 4.69) is 29.7 Å². The number of hydrogen-bond donors (Lipinski definition) is 0. The van der Waals surface area contributed by atoms with Crippen molar-refractivity contribution in [2.24, 2.45) is 5.92 Å². The van der Waals surface area contributed by atoms with Crippen LogP contribution in [0.15, 0.2) is 79.4 Å². The van der Waals surface area contributed by atoms with E-state index in [1.165, 1.54) is 12.5 Å². The van der Waals surface area contributed by atoms with Gasteiger partial charge < -0.3 is 9.64 Å². The van der Waals surface area contributed by atoms with Crippen LogP contribution in [0.2, 0.25) is 0 Å². The Kier molecular flexibility index (Phi) is 7.16. The summed E-state index contributed by atoms with van der Waals surface area (Å²) < 4.78 is 5.46. The maximum atomic E-state index is 13.7. The Balaban J connectivity index is 1.44. The highest BCUT2D eigenvalue weighted by Crippen LogP contribution is 2.50. The first kappa shape index (κ1) is 25.2. The molecule has 1 aliphatic carbocycles. The van der Waals surface area contributed by atoms with Crippen LogP contribution in [0, 0.1) is 5.92 Å². The topological polar surface area (TPSA) is 49.9 Å². The summed E-state index contributed by atoms with van der Waals surface area (Å²) in [4.78, 5) is 29.7. The summed E-state index contributed by atoms with van der Waals surface area (Å²) in [5.74, 6) is 0.819. The van der Waals surface area contributed by atoms with Gasteiger partial charge in [0.25, 0.3) is 5.91 Å². The van der Waals surface area contributed by atoms with E-state index in [-0.39, 0.29) is 23.3 Å². The molecule has 1 amide bonds. The first-order valence-corrected chi connectivity index (χ1v) is 13.3. The van der Waals surface area contributed by atoms with E-state index in [9.17, 15) is 9.59 Å². The van der Waals surface area contributed by atoms with Gasteiger partial charge in [-0.25, -0.2) is 0 Å². The Labute approximate surface area is 219 Å². The van der Waals surface area contributed by atoms with Crippen molar-refractivity contribution in [3.05, 3.63) is 90.5 Å². The molecule has 3 aromatic carbocycles. The predicted molar refractivity (Wildman–Crippen MR) is 148 cm³/mol. The third kappa shape index (κ3) is 5.05. The molecule has 5 rings (SSSR count). The molecule has 3 atom stereocenters. The third-order valence-corrected chi connectivity index (χ3v) is 8.50. The number of benzene rings is 3. The van der Waals surface area contributed by atoms with Crippen molar-refractivity contribution in [1.29, 1.82) is 0 Å². The van der Waals surface area contributed by atoms with Crippen LogP contribution in [0.4, 0.5) is 0 Å². The highest BCUT2D eigenvalue weighted by molar-refractivity contribution is 5.98. The van der Waals surface area contributed by atoms with E-state index in [1.54, 1.807) is 0 Å². The van der Waals surface area contributed by atoms with Gasteiger partial charge in [0.1, 0.15) is 5.75 Å². The molecule has 2 aliphatic rings. The molecule has 1 aliphatic heterocycles. The lowest BCUT2D eigenvalue weighted by molar-refractivity contribution is -0.131. The number of nitrogens with zero attached hydrogens (tertiary/aromatic N) is 2. The van der Waals surface area contributed by atoms with Crippen LogP contribution in [0.5, 0.6) is 5.75 Å². The molecule has 1 heterocycles. The maximum Gasteiger partial charge on any atom is 0.308 e. The quantitative estimate of drug-likeness (QED) is 0.245. The summed E-state index contributed by atoms with van der Waals surface area (Å²) in [5, 5.41) is 2.22. The minimum atomic E-state index is -0.311. The van der Waals surface area contributed by atoms with Crippen LogP contribution < -0.4 is 4.74 Å². The Bertz CT molecular complexity index is 1320. The number of ether oxygens (including phenoxy) is 1. The Morgan fingerprint density at radius 2 is 1.89 bits per heavy atom. The molecule has 1 saturated heterocycles. The zero-order chi connectivity index (χ0) is 26.0. The lowest BCUT2D eigenvalue weighted by Gasteiger charge is -2.54. The van der Waals surface area contributed by atoms with E-state index in [0.717, 1.165) is 61.7 Å². The minimum Gasteiger partial charge on any atom is -0.427 e. The molecule has 1 saturated carbocycles. The minimum absolute atomic E-state index is 0.0714. The zero-order valence-corrected chi connectivity index (χ0v) is 21.9. The van der Waals surface area contributed by atoms with Gasteiger partial charge in [-0.15, -0.1) is 6.58 Å². The number of likely N-dealkylation sites (tertiary alicyclic amines) is 1.